The first-order valence-electron chi connectivity index (χ1n) is 8.59. The van der Waals surface area contributed by atoms with E-state index in [-0.39, 0.29) is 5.56 Å². The van der Waals surface area contributed by atoms with E-state index in [1.807, 2.05) is 0 Å². The van der Waals surface area contributed by atoms with Gasteiger partial charge < -0.3 is 4.74 Å². The molecule has 174 valence electrons. The molecule has 0 aliphatic heterocycles. The van der Waals surface area contributed by atoms with Gasteiger partial charge >= 0.3 is 0 Å². The molecule has 0 radical (unpaired) electrons. The van der Waals surface area contributed by atoms with Crippen molar-refractivity contribution in [1.82, 2.24) is 0 Å². The zero-order chi connectivity index (χ0) is 25.5. The number of halogens is 10. The minimum absolute atomic E-state index is 0.279. The highest BCUT2D eigenvalue weighted by molar-refractivity contribution is 5.49. The molecule has 3 rings (SSSR count). The second kappa shape index (κ2) is 8.94. The van der Waals surface area contributed by atoms with Gasteiger partial charge in [0.25, 0.3) is 0 Å². The molecule has 0 spiro atoms. The van der Waals surface area contributed by atoms with E-state index >= 15 is 0 Å². The van der Waals surface area contributed by atoms with Crippen molar-refractivity contribution in [2.24, 2.45) is 0 Å². The minimum atomic E-state index is -3.13. The molecule has 13 heteroatoms. The lowest BCUT2D eigenvalue weighted by atomic mass is 9.97. The average Bonchev–Trinajstić information content (AvgIpc) is 2.83. The molecule has 0 bridgehead atoms. The Morgan fingerprint density at radius 3 is 1.24 bits per heavy atom. The van der Waals surface area contributed by atoms with Crippen LogP contribution in [-0.4, -0.2) is 0 Å². The van der Waals surface area contributed by atoms with E-state index in [2.05, 4.69) is 0 Å². The van der Waals surface area contributed by atoms with E-state index in [1.54, 1.807) is 6.07 Å². The Morgan fingerprint density at radius 2 is 0.882 bits per heavy atom. The van der Waals surface area contributed by atoms with Gasteiger partial charge in [-0.05, 0) is 18.2 Å². The van der Waals surface area contributed by atoms with E-state index < -0.39 is 86.7 Å². The van der Waals surface area contributed by atoms with Gasteiger partial charge in [0.2, 0.25) is 11.6 Å². The van der Waals surface area contributed by atoms with E-state index in [0.29, 0.717) is 6.07 Å². The number of ether oxygens (including phenoxy) is 1. The van der Waals surface area contributed by atoms with Crippen molar-refractivity contribution in [3.05, 3.63) is 98.6 Å². The van der Waals surface area contributed by atoms with Crippen LogP contribution >= 0.6 is 0 Å². The Labute approximate surface area is 182 Å². The zero-order valence-corrected chi connectivity index (χ0v) is 15.9. The summed E-state index contributed by atoms with van der Waals surface area (Å²) in [4.78, 5) is 0. The third kappa shape index (κ3) is 3.75. The van der Waals surface area contributed by atoms with E-state index in [4.69, 9.17) is 15.3 Å². The summed E-state index contributed by atoms with van der Waals surface area (Å²) in [5, 5.41) is 18.0. The molecule has 0 unspecified atom stereocenters. The SMILES string of the molecule is N#Cc1ccc(OC(c2c(F)c(F)c(F)c(F)c2F)c2c(F)c(F)c(F)c(F)c2F)cc1C#N. The van der Waals surface area contributed by atoms with Crippen LogP contribution in [-0.2, 0) is 0 Å². The lowest BCUT2D eigenvalue weighted by Gasteiger charge is -2.23. The van der Waals surface area contributed by atoms with Crippen molar-refractivity contribution in [1.29, 1.82) is 10.5 Å². The van der Waals surface area contributed by atoms with Crippen LogP contribution < -0.4 is 4.74 Å². The number of hydrogen-bond donors (Lipinski definition) is 0. The van der Waals surface area contributed by atoms with Crippen molar-refractivity contribution in [2.45, 2.75) is 6.10 Å². The predicted molar refractivity (Wildman–Crippen MR) is 90.8 cm³/mol. The Balaban J connectivity index is 2.40. The molecule has 3 nitrogen and oxygen atoms in total. The van der Waals surface area contributed by atoms with E-state index in [1.165, 1.54) is 6.07 Å². The largest absolute Gasteiger partial charge is 0.480 e. The molecule has 0 saturated heterocycles. The Hall–Kier alpha value is -4.26. The highest BCUT2D eigenvalue weighted by atomic mass is 19.2. The first-order chi connectivity index (χ1) is 16.0. The summed E-state index contributed by atoms with van der Waals surface area (Å²) in [6.45, 7) is 0. The Kier molecular flexibility index (Phi) is 6.41. The maximum Gasteiger partial charge on any atom is 0.200 e. The fourth-order valence-electron chi connectivity index (χ4n) is 2.89. The molecule has 0 saturated carbocycles. The highest BCUT2D eigenvalue weighted by Gasteiger charge is 2.39. The third-order valence-electron chi connectivity index (χ3n) is 4.50. The van der Waals surface area contributed by atoms with E-state index in [9.17, 15) is 43.9 Å². The van der Waals surface area contributed by atoms with Crippen molar-refractivity contribution >= 4 is 0 Å². The molecule has 0 amide bonds. The normalized spacial score (nSPS) is 10.9. The zero-order valence-electron chi connectivity index (χ0n) is 15.9. The van der Waals surface area contributed by atoms with Crippen molar-refractivity contribution < 1.29 is 48.6 Å². The van der Waals surface area contributed by atoms with Gasteiger partial charge in [0, 0.05) is 0 Å². The molecular formula is C21H4F10N2O. The van der Waals surface area contributed by atoms with Crippen LogP contribution in [0.15, 0.2) is 18.2 Å². The molecule has 0 aliphatic rings. The van der Waals surface area contributed by atoms with Crippen LogP contribution in [0.2, 0.25) is 0 Å². The smallest absolute Gasteiger partial charge is 0.200 e. The minimum Gasteiger partial charge on any atom is -0.480 e. The Morgan fingerprint density at radius 1 is 0.529 bits per heavy atom. The van der Waals surface area contributed by atoms with Gasteiger partial charge in [-0.25, -0.2) is 43.9 Å². The average molecular weight is 490 g/mol. The topological polar surface area (TPSA) is 56.8 Å². The second-order valence-electron chi connectivity index (χ2n) is 6.40. The lowest BCUT2D eigenvalue weighted by Crippen LogP contribution is -2.21. The maximum atomic E-state index is 14.4. The maximum absolute atomic E-state index is 14.4. The highest BCUT2D eigenvalue weighted by Crippen LogP contribution is 2.39. The molecule has 3 aromatic rings. The molecule has 0 fully saturated rings. The van der Waals surface area contributed by atoms with Crippen LogP contribution in [0.25, 0.3) is 0 Å². The summed E-state index contributed by atoms with van der Waals surface area (Å²) in [7, 11) is 0. The van der Waals surface area contributed by atoms with E-state index in [0.717, 1.165) is 12.1 Å². The molecule has 0 aromatic heterocycles. The molecule has 0 atom stereocenters. The lowest BCUT2D eigenvalue weighted by molar-refractivity contribution is 0.211. The van der Waals surface area contributed by atoms with Crippen LogP contribution in [0.3, 0.4) is 0 Å². The van der Waals surface area contributed by atoms with Gasteiger partial charge in [-0.2, -0.15) is 10.5 Å². The van der Waals surface area contributed by atoms with Crippen molar-refractivity contribution in [3.8, 4) is 17.9 Å². The van der Waals surface area contributed by atoms with Gasteiger partial charge in [0.15, 0.2) is 52.6 Å². The predicted octanol–water partition coefficient (Wildman–Crippen LogP) is 5.99. The summed E-state index contributed by atoms with van der Waals surface area (Å²) in [6.07, 6.45) is -3.13. The molecule has 34 heavy (non-hydrogen) atoms. The standard InChI is InChI=1S/C21H4F10N2O/c22-11-9(12(23)16(27)19(30)15(11)26)21(10-13(24)17(28)20(31)18(29)14(10)25)34-8-2-1-6(4-32)7(3-8)5-33/h1-3,21H. The van der Waals surface area contributed by atoms with Gasteiger partial charge in [-0.15, -0.1) is 0 Å². The van der Waals surface area contributed by atoms with Gasteiger partial charge in [0.05, 0.1) is 22.3 Å². The molecule has 3 aromatic carbocycles. The third-order valence-corrected chi connectivity index (χ3v) is 4.50. The molecule has 0 heterocycles. The number of rotatable bonds is 4. The van der Waals surface area contributed by atoms with Crippen LogP contribution in [0.4, 0.5) is 43.9 Å². The summed E-state index contributed by atoms with van der Waals surface area (Å²) in [5.41, 5.74) is -4.91. The molecular weight excluding hydrogens is 486 g/mol. The Bertz CT molecular complexity index is 1300. The summed E-state index contributed by atoms with van der Waals surface area (Å²) in [5.74, 6) is -27.2. The van der Waals surface area contributed by atoms with Crippen molar-refractivity contribution in [3.63, 3.8) is 0 Å². The quantitative estimate of drug-likeness (QED) is 0.257. The number of nitriles is 2. The number of nitrogens with zero attached hydrogens (tertiary/aromatic N) is 2. The molecule has 0 aliphatic carbocycles. The first-order valence-corrected chi connectivity index (χ1v) is 8.59. The van der Waals surface area contributed by atoms with Crippen LogP contribution in [0.5, 0.6) is 5.75 Å². The number of hydrogen-bond acceptors (Lipinski definition) is 3. The monoisotopic (exact) mass is 490 g/mol. The summed E-state index contributed by atoms with van der Waals surface area (Å²) >= 11 is 0. The molecule has 0 N–H and O–H groups in total. The van der Waals surface area contributed by atoms with Crippen molar-refractivity contribution in [2.75, 3.05) is 0 Å². The van der Waals surface area contributed by atoms with Gasteiger partial charge in [0.1, 0.15) is 17.9 Å². The van der Waals surface area contributed by atoms with Crippen LogP contribution in [0, 0.1) is 80.8 Å². The fourth-order valence-corrected chi connectivity index (χ4v) is 2.89. The van der Waals surface area contributed by atoms with Crippen LogP contribution in [0.1, 0.15) is 28.4 Å². The number of benzene rings is 3. The van der Waals surface area contributed by atoms with Gasteiger partial charge in [-0.3, -0.25) is 0 Å². The van der Waals surface area contributed by atoms with Gasteiger partial charge in [-0.1, -0.05) is 0 Å². The summed E-state index contributed by atoms with van der Waals surface area (Å²) in [6, 6.07) is 5.40. The summed E-state index contributed by atoms with van der Waals surface area (Å²) < 4.78 is 145. The fraction of sp³-hybridized carbons (Fsp3) is 0.0476. The first kappa shape index (κ1) is 24.4. The second-order valence-corrected chi connectivity index (χ2v) is 6.40.